The second-order valence-corrected chi connectivity index (χ2v) is 10.2. The molecular weight excluding hydrogens is 466 g/mol. The van der Waals surface area contributed by atoms with Gasteiger partial charge in [-0.1, -0.05) is 35.4 Å². The Balaban J connectivity index is 1.81. The maximum atomic E-state index is 13.5. The Bertz CT molecular complexity index is 1310. The lowest BCUT2D eigenvalue weighted by molar-refractivity contribution is -0.122. The summed E-state index contributed by atoms with van der Waals surface area (Å²) < 4.78 is 0. The zero-order chi connectivity index (χ0) is 24.9. The molecule has 2 aromatic rings. The van der Waals surface area contributed by atoms with E-state index in [1.54, 1.807) is 6.08 Å². The number of benzene rings is 2. The van der Waals surface area contributed by atoms with Crippen molar-refractivity contribution < 1.29 is 9.59 Å². The minimum atomic E-state index is -0.534. The Morgan fingerprint density at radius 1 is 1.09 bits per heavy atom. The van der Waals surface area contributed by atoms with Crippen molar-refractivity contribution in [2.75, 3.05) is 16.3 Å². The van der Waals surface area contributed by atoms with Gasteiger partial charge in [0, 0.05) is 22.8 Å². The molecule has 0 aromatic heterocycles. The monoisotopic (exact) mass is 493 g/mol. The number of allylic oxidation sites excluding steroid dienone is 1. The summed E-state index contributed by atoms with van der Waals surface area (Å²) in [6.07, 6.45) is 3.78. The van der Waals surface area contributed by atoms with Crippen molar-refractivity contribution in [2.24, 2.45) is 0 Å². The van der Waals surface area contributed by atoms with Gasteiger partial charge in [0.25, 0.3) is 11.8 Å². The van der Waals surface area contributed by atoms with E-state index in [1.165, 1.54) is 4.90 Å². The molecule has 0 bridgehead atoms. The number of thiocarbonyl (C=S) groups is 1. The predicted octanol–water partition coefficient (Wildman–Crippen LogP) is 5.81. The molecule has 0 radical (unpaired) electrons. The molecule has 2 aliphatic heterocycles. The van der Waals surface area contributed by atoms with Gasteiger partial charge in [0.05, 0.1) is 11.2 Å². The van der Waals surface area contributed by atoms with E-state index >= 15 is 0 Å². The average molecular weight is 494 g/mol. The number of carbonyl (C=O) groups is 2. The van der Waals surface area contributed by atoms with Gasteiger partial charge in [0.1, 0.15) is 5.57 Å². The molecule has 176 valence electrons. The Hall–Kier alpha value is -2.96. The van der Waals surface area contributed by atoms with Gasteiger partial charge < -0.3 is 4.90 Å². The highest BCUT2D eigenvalue weighted by atomic mass is 35.5. The molecule has 1 fully saturated rings. The SMILES string of the molecule is CCN1c2cc(Cl)c(/C=C3/C(=O)NC(=S)N(c4ccc(C)cc4C)C3=O)cc2C(C)=CC1(C)C. The third-order valence-electron chi connectivity index (χ3n) is 6.41. The molecule has 2 heterocycles. The van der Waals surface area contributed by atoms with Gasteiger partial charge in [-0.2, -0.15) is 0 Å². The summed E-state index contributed by atoms with van der Waals surface area (Å²) in [6, 6.07) is 9.59. The Morgan fingerprint density at radius 3 is 2.44 bits per heavy atom. The van der Waals surface area contributed by atoms with Crippen molar-refractivity contribution in [3.63, 3.8) is 0 Å². The van der Waals surface area contributed by atoms with Gasteiger partial charge in [-0.3, -0.25) is 19.8 Å². The van der Waals surface area contributed by atoms with Crippen molar-refractivity contribution in [1.29, 1.82) is 0 Å². The zero-order valence-electron chi connectivity index (χ0n) is 20.2. The number of aryl methyl sites for hydroxylation is 2. The molecular formula is C27H28ClN3O2S. The molecule has 4 rings (SSSR count). The maximum Gasteiger partial charge on any atom is 0.270 e. The average Bonchev–Trinajstić information content (AvgIpc) is 2.72. The molecule has 5 nitrogen and oxygen atoms in total. The van der Waals surface area contributed by atoms with Crippen LogP contribution in [0.15, 0.2) is 42.0 Å². The summed E-state index contributed by atoms with van der Waals surface area (Å²) >= 11 is 12.0. The third-order valence-corrected chi connectivity index (χ3v) is 7.02. The summed E-state index contributed by atoms with van der Waals surface area (Å²) in [5, 5.41) is 3.19. The largest absolute Gasteiger partial charge is 0.363 e. The quantitative estimate of drug-likeness (QED) is 0.333. The molecule has 2 amide bonds. The number of halogens is 1. The van der Waals surface area contributed by atoms with Crippen molar-refractivity contribution in [2.45, 2.75) is 47.1 Å². The second kappa shape index (κ2) is 8.67. The Morgan fingerprint density at radius 2 is 1.79 bits per heavy atom. The van der Waals surface area contributed by atoms with E-state index in [0.29, 0.717) is 16.3 Å². The molecule has 0 aliphatic carbocycles. The fourth-order valence-electron chi connectivity index (χ4n) is 4.89. The first-order chi connectivity index (χ1) is 15.9. The standard InChI is InChI=1S/C27H28ClN3O2S/c1-7-30-23-13-21(28)18(11-19(23)17(4)14-27(30,5)6)12-20-24(32)29-26(34)31(25(20)33)22-9-8-15(2)10-16(22)3/h8-14H,7H2,1-6H3,(H,29,32,34)/b20-12-. The van der Waals surface area contributed by atoms with Crippen molar-refractivity contribution >= 4 is 63.8 Å². The van der Waals surface area contributed by atoms with Gasteiger partial charge >= 0.3 is 0 Å². The summed E-state index contributed by atoms with van der Waals surface area (Å²) in [7, 11) is 0. The summed E-state index contributed by atoms with van der Waals surface area (Å²) in [5.41, 5.74) is 6.25. The highest BCUT2D eigenvalue weighted by molar-refractivity contribution is 7.80. The van der Waals surface area contributed by atoms with Crippen LogP contribution in [-0.2, 0) is 9.59 Å². The van der Waals surface area contributed by atoms with Crippen LogP contribution in [0.25, 0.3) is 11.6 Å². The lowest BCUT2D eigenvalue weighted by atomic mass is 9.87. The van der Waals surface area contributed by atoms with Crippen LogP contribution in [0.3, 0.4) is 0 Å². The zero-order valence-corrected chi connectivity index (χ0v) is 21.8. The summed E-state index contributed by atoms with van der Waals surface area (Å²) in [4.78, 5) is 29.9. The Kier molecular flexibility index (Phi) is 6.17. The highest BCUT2D eigenvalue weighted by Gasteiger charge is 2.36. The molecule has 2 aliphatic rings. The normalized spacial score (nSPS) is 18.7. The van der Waals surface area contributed by atoms with E-state index in [0.717, 1.165) is 34.5 Å². The van der Waals surface area contributed by atoms with E-state index < -0.39 is 11.8 Å². The van der Waals surface area contributed by atoms with Crippen LogP contribution in [0, 0.1) is 13.8 Å². The molecule has 0 unspecified atom stereocenters. The first kappa shape index (κ1) is 24.2. The van der Waals surface area contributed by atoms with Crippen molar-refractivity contribution in [3.05, 3.63) is 69.3 Å². The number of anilines is 2. The fourth-order valence-corrected chi connectivity index (χ4v) is 5.38. The number of carbonyl (C=O) groups excluding carboxylic acids is 2. The van der Waals surface area contributed by atoms with Crippen molar-refractivity contribution in [3.8, 4) is 0 Å². The molecule has 0 atom stereocenters. The first-order valence-corrected chi connectivity index (χ1v) is 12.0. The fraction of sp³-hybridized carbons (Fsp3) is 0.296. The Labute approximate surface area is 211 Å². The minimum absolute atomic E-state index is 0.0134. The lowest BCUT2D eigenvalue weighted by Crippen LogP contribution is -2.54. The predicted molar refractivity (Wildman–Crippen MR) is 144 cm³/mol. The molecule has 34 heavy (non-hydrogen) atoms. The lowest BCUT2D eigenvalue weighted by Gasteiger charge is -2.43. The van der Waals surface area contributed by atoms with Gasteiger partial charge in [0.15, 0.2) is 5.11 Å². The third kappa shape index (κ3) is 4.05. The van der Waals surface area contributed by atoms with Crippen LogP contribution in [0.4, 0.5) is 11.4 Å². The maximum absolute atomic E-state index is 13.5. The highest BCUT2D eigenvalue weighted by Crippen LogP contribution is 2.41. The van der Waals surface area contributed by atoms with Gasteiger partial charge in [-0.15, -0.1) is 0 Å². The minimum Gasteiger partial charge on any atom is -0.363 e. The summed E-state index contributed by atoms with van der Waals surface area (Å²) in [6.45, 7) is 13.2. The topological polar surface area (TPSA) is 52.7 Å². The molecule has 0 saturated carbocycles. The van der Waals surface area contributed by atoms with Gasteiger partial charge in [-0.25, -0.2) is 0 Å². The molecule has 7 heteroatoms. The van der Waals surface area contributed by atoms with E-state index in [4.69, 9.17) is 23.8 Å². The van der Waals surface area contributed by atoms with Crippen LogP contribution in [-0.4, -0.2) is 29.0 Å². The van der Waals surface area contributed by atoms with E-state index in [1.807, 2.05) is 44.2 Å². The van der Waals surface area contributed by atoms with Gasteiger partial charge in [0.2, 0.25) is 0 Å². The molecule has 1 saturated heterocycles. The second-order valence-electron chi connectivity index (χ2n) is 9.36. The number of hydrogen-bond acceptors (Lipinski definition) is 4. The summed E-state index contributed by atoms with van der Waals surface area (Å²) in [5.74, 6) is -1.01. The number of fused-ring (bicyclic) bond motifs is 1. The van der Waals surface area contributed by atoms with E-state index in [-0.39, 0.29) is 16.2 Å². The molecule has 2 aromatic carbocycles. The number of rotatable bonds is 3. The number of amides is 2. The number of hydrogen-bond donors (Lipinski definition) is 1. The number of nitrogens with zero attached hydrogens (tertiary/aromatic N) is 2. The van der Waals surface area contributed by atoms with Crippen LogP contribution >= 0.6 is 23.8 Å². The number of likely N-dealkylation sites (N-methyl/N-ethyl adjacent to an activating group) is 1. The number of nitrogens with one attached hydrogen (secondary N) is 1. The van der Waals surface area contributed by atoms with E-state index in [9.17, 15) is 9.59 Å². The van der Waals surface area contributed by atoms with E-state index in [2.05, 4.69) is 44.0 Å². The van der Waals surface area contributed by atoms with Gasteiger partial charge in [-0.05, 0) is 94.7 Å². The molecule has 1 N–H and O–H groups in total. The van der Waals surface area contributed by atoms with Crippen LogP contribution < -0.4 is 15.1 Å². The first-order valence-electron chi connectivity index (χ1n) is 11.2. The van der Waals surface area contributed by atoms with Crippen LogP contribution in [0.2, 0.25) is 5.02 Å². The smallest absolute Gasteiger partial charge is 0.270 e. The molecule has 0 spiro atoms. The van der Waals surface area contributed by atoms with Crippen molar-refractivity contribution in [1.82, 2.24) is 5.32 Å². The van der Waals surface area contributed by atoms with Crippen LogP contribution in [0.1, 0.15) is 49.9 Å². The van der Waals surface area contributed by atoms with Crippen LogP contribution in [0.5, 0.6) is 0 Å².